The smallest absolute Gasteiger partial charge is 0.191 e. The van der Waals surface area contributed by atoms with Gasteiger partial charge in [0.25, 0.3) is 0 Å². The summed E-state index contributed by atoms with van der Waals surface area (Å²) in [6, 6.07) is 0. The third-order valence-electron chi connectivity index (χ3n) is 3.10. The number of terminal acetylenes is 1. The minimum atomic E-state index is -1.55. The van der Waals surface area contributed by atoms with Gasteiger partial charge in [-0.2, -0.15) is 0 Å². The van der Waals surface area contributed by atoms with E-state index >= 15 is 0 Å². The van der Waals surface area contributed by atoms with Crippen molar-refractivity contribution in [2.45, 2.75) is 52.2 Å². The van der Waals surface area contributed by atoms with E-state index in [9.17, 15) is 0 Å². The van der Waals surface area contributed by atoms with Crippen LogP contribution in [0.5, 0.6) is 0 Å². The summed E-state index contributed by atoms with van der Waals surface area (Å²) in [5.74, 6) is 3.06. The zero-order valence-electron chi connectivity index (χ0n) is 10.5. The van der Waals surface area contributed by atoms with Crippen LogP contribution >= 0.6 is 0 Å². The van der Waals surface area contributed by atoms with E-state index in [1.165, 1.54) is 0 Å². The van der Waals surface area contributed by atoms with Crippen molar-refractivity contribution >= 4 is 8.32 Å². The first kappa shape index (κ1) is 13.7. The molecule has 1 nitrogen and oxygen atoms in total. The maximum atomic E-state index is 6.01. The van der Waals surface area contributed by atoms with E-state index in [-0.39, 0.29) is 0 Å². The number of rotatable bonds is 4. The van der Waals surface area contributed by atoms with E-state index in [0.29, 0.717) is 11.0 Å². The zero-order chi connectivity index (χ0) is 11.4. The van der Waals surface area contributed by atoms with Crippen molar-refractivity contribution in [3.63, 3.8) is 0 Å². The Morgan fingerprint density at radius 1 is 1.36 bits per heavy atom. The first-order chi connectivity index (χ1) is 6.20. The Morgan fingerprint density at radius 2 is 1.86 bits per heavy atom. The highest BCUT2D eigenvalue weighted by Crippen LogP contribution is 2.36. The van der Waals surface area contributed by atoms with Crippen molar-refractivity contribution in [3.05, 3.63) is 0 Å². The molecule has 0 saturated heterocycles. The predicted molar refractivity (Wildman–Crippen MR) is 65.8 cm³/mol. The van der Waals surface area contributed by atoms with E-state index in [1.54, 1.807) is 0 Å². The molecule has 14 heavy (non-hydrogen) atoms. The molecule has 0 aliphatic heterocycles. The molecule has 1 atom stereocenters. The quantitative estimate of drug-likeness (QED) is 0.510. The number of hydrogen-bond donors (Lipinski definition) is 0. The van der Waals surface area contributed by atoms with Gasteiger partial charge in [-0.15, -0.1) is 12.3 Å². The summed E-state index contributed by atoms with van der Waals surface area (Å²) >= 11 is 0. The topological polar surface area (TPSA) is 9.23 Å². The van der Waals surface area contributed by atoms with Crippen LogP contribution in [0.4, 0.5) is 0 Å². The Kier molecular flexibility index (Phi) is 4.90. The molecule has 0 spiro atoms. The summed E-state index contributed by atoms with van der Waals surface area (Å²) in [6.45, 7) is 14.2. The highest BCUT2D eigenvalue weighted by Gasteiger charge is 2.36. The fourth-order valence-corrected chi connectivity index (χ4v) is 1.85. The molecule has 0 amide bonds. The van der Waals surface area contributed by atoms with Crippen LogP contribution in [-0.4, -0.2) is 14.9 Å². The van der Waals surface area contributed by atoms with E-state index in [2.05, 4.69) is 46.7 Å². The summed E-state index contributed by atoms with van der Waals surface area (Å²) < 4.78 is 6.01. The van der Waals surface area contributed by atoms with Gasteiger partial charge < -0.3 is 4.43 Å². The van der Waals surface area contributed by atoms with Crippen LogP contribution < -0.4 is 0 Å². The van der Waals surface area contributed by atoms with Crippen molar-refractivity contribution in [2.24, 2.45) is 5.92 Å². The maximum absolute atomic E-state index is 6.01. The zero-order valence-corrected chi connectivity index (χ0v) is 11.5. The first-order valence-electron chi connectivity index (χ1n) is 5.31. The molecule has 0 N–H and O–H groups in total. The minimum Gasteiger partial charge on any atom is -0.417 e. The second kappa shape index (κ2) is 5.00. The van der Waals surface area contributed by atoms with Crippen molar-refractivity contribution in [1.29, 1.82) is 0 Å². The van der Waals surface area contributed by atoms with Gasteiger partial charge in [0.05, 0.1) is 0 Å². The average Bonchev–Trinajstić information content (AvgIpc) is 2.01. The molecule has 0 fully saturated rings. The molecule has 0 aromatic heterocycles. The highest BCUT2D eigenvalue weighted by molar-refractivity contribution is 6.74. The molecule has 0 rings (SSSR count). The first-order valence-corrected chi connectivity index (χ1v) is 8.21. The van der Waals surface area contributed by atoms with Crippen LogP contribution in [0.3, 0.4) is 0 Å². The van der Waals surface area contributed by atoms with E-state index in [0.717, 1.165) is 13.0 Å². The molecule has 0 aromatic rings. The molecule has 0 radical (unpaired) electrons. The monoisotopic (exact) mass is 212 g/mol. The molecular weight excluding hydrogens is 188 g/mol. The number of hydrogen-bond acceptors (Lipinski definition) is 1. The van der Waals surface area contributed by atoms with Crippen LogP contribution in [0.15, 0.2) is 0 Å². The standard InChI is InChI=1S/C12H24OSi/c1-8-11(2)9-10-13-14(6,7)12(3,4)5/h1,11H,9-10H2,2-7H3/t11-/m1/s1. The van der Waals surface area contributed by atoms with Crippen molar-refractivity contribution in [1.82, 2.24) is 0 Å². The molecule has 2 heteroatoms. The lowest BCUT2D eigenvalue weighted by Crippen LogP contribution is -2.41. The Labute approximate surface area is 90.4 Å². The van der Waals surface area contributed by atoms with E-state index in [4.69, 9.17) is 10.8 Å². The van der Waals surface area contributed by atoms with Crippen LogP contribution in [0, 0.1) is 18.3 Å². The van der Waals surface area contributed by atoms with Gasteiger partial charge in [0.1, 0.15) is 0 Å². The fraction of sp³-hybridized carbons (Fsp3) is 0.833. The summed E-state index contributed by atoms with van der Waals surface area (Å²) in [5.41, 5.74) is 0. The minimum absolute atomic E-state index is 0.298. The van der Waals surface area contributed by atoms with Gasteiger partial charge in [-0.05, 0) is 24.6 Å². The highest BCUT2D eigenvalue weighted by atomic mass is 28.4. The van der Waals surface area contributed by atoms with Gasteiger partial charge >= 0.3 is 0 Å². The summed E-state index contributed by atoms with van der Waals surface area (Å²) in [7, 11) is -1.55. The van der Waals surface area contributed by atoms with Crippen molar-refractivity contribution < 1.29 is 4.43 Å². The van der Waals surface area contributed by atoms with Crippen LogP contribution in [0.1, 0.15) is 34.1 Å². The van der Waals surface area contributed by atoms with Gasteiger partial charge in [-0.25, -0.2) is 0 Å². The second-order valence-electron chi connectivity index (χ2n) is 5.47. The second-order valence-corrected chi connectivity index (χ2v) is 10.3. The van der Waals surface area contributed by atoms with E-state index < -0.39 is 8.32 Å². The summed E-state index contributed by atoms with van der Waals surface area (Å²) in [6.07, 6.45) is 6.29. The van der Waals surface area contributed by atoms with Gasteiger partial charge in [-0.3, -0.25) is 0 Å². The normalized spacial score (nSPS) is 14.9. The molecule has 0 heterocycles. The van der Waals surface area contributed by atoms with Gasteiger partial charge in [0, 0.05) is 12.5 Å². The summed E-state index contributed by atoms with van der Waals surface area (Å²) in [5, 5.41) is 0.298. The van der Waals surface area contributed by atoms with Gasteiger partial charge in [-0.1, -0.05) is 27.7 Å². The third kappa shape index (κ3) is 4.30. The Hall–Kier alpha value is -0.263. The molecule has 0 bridgehead atoms. The molecule has 0 unspecified atom stereocenters. The SMILES string of the molecule is C#C[C@@H](C)CCO[Si](C)(C)C(C)(C)C. The van der Waals surface area contributed by atoms with Crippen LogP contribution in [-0.2, 0) is 4.43 Å². The van der Waals surface area contributed by atoms with Gasteiger partial charge in [0.15, 0.2) is 8.32 Å². The lowest BCUT2D eigenvalue weighted by molar-refractivity contribution is 0.271. The fourth-order valence-electron chi connectivity index (χ4n) is 0.791. The molecule has 82 valence electrons. The molecule has 0 aliphatic carbocycles. The maximum Gasteiger partial charge on any atom is 0.191 e. The average molecular weight is 212 g/mol. The largest absolute Gasteiger partial charge is 0.417 e. The third-order valence-corrected chi connectivity index (χ3v) is 7.64. The molecule has 0 saturated carbocycles. The van der Waals surface area contributed by atoms with Crippen molar-refractivity contribution in [2.75, 3.05) is 6.61 Å². The Balaban J connectivity index is 3.96. The Morgan fingerprint density at radius 3 is 2.21 bits per heavy atom. The molecular formula is C12H24OSi. The van der Waals surface area contributed by atoms with Crippen LogP contribution in [0.25, 0.3) is 0 Å². The van der Waals surface area contributed by atoms with Crippen molar-refractivity contribution in [3.8, 4) is 12.3 Å². The lowest BCUT2D eigenvalue weighted by Gasteiger charge is -2.36. The van der Waals surface area contributed by atoms with Crippen LogP contribution in [0.2, 0.25) is 18.1 Å². The molecule has 0 aliphatic rings. The van der Waals surface area contributed by atoms with Gasteiger partial charge in [0.2, 0.25) is 0 Å². The lowest BCUT2D eigenvalue weighted by atomic mass is 10.1. The summed E-state index contributed by atoms with van der Waals surface area (Å²) in [4.78, 5) is 0. The predicted octanol–water partition coefficient (Wildman–Crippen LogP) is 3.67. The molecule has 0 aromatic carbocycles. The Bertz CT molecular complexity index is 207. The van der Waals surface area contributed by atoms with E-state index in [1.807, 2.05) is 0 Å².